The van der Waals surface area contributed by atoms with Crippen LogP contribution in [0.4, 0.5) is 14.5 Å². The van der Waals surface area contributed by atoms with Crippen molar-refractivity contribution in [2.75, 3.05) is 11.8 Å². The van der Waals surface area contributed by atoms with Crippen molar-refractivity contribution >= 4 is 15.7 Å². The number of methoxy groups -OCH3 is 1. The van der Waals surface area contributed by atoms with Gasteiger partial charge in [0, 0.05) is 5.56 Å². The Bertz CT molecular complexity index is 736. The Morgan fingerprint density at radius 2 is 1.90 bits per heavy atom. The molecule has 0 aliphatic carbocycles. The molecule has 1 heterocycles. The number of hydrogen-bond acceptors (Lipinski definition) is 5. The Balaban J connectivity index is 2.16. The van der Waals surface area contributed by atoms with Crippen molar-refractivity contribution in [1.29, 1.82) is 0 Å². The van der Waals surface area contributed by atoms with Gasteiger partial charge in [0.15, 0.2) is 0 Å². The Morgan fingerprint density at radius 1 is 1.24 bits per heavy atom. The second kappa shape index (κ2) is 6.00. The SMILES string of the molecule is COc1ncc(NS(=O)(=O)Cc2cc(F)ccc2F)cn1. The molecule has 0 bridgehead atoms. The van der Waals surface area contributed by atoms with Gasteiger partial charge in [0.05, 0.1) is 30.9 Å². The van der Waals surface area contributed by atoms with Crippen LogP contribution in [0.3, 0.4) is 0 Å². The van der Waals surface area contributed by atoms with Crippen LogP contribution in [0.1, 0.15) is 5.56 Å². The zero-order valence-corrected chi connectivity index (χ0v) is 11.7. The van der Waals surface area contributed by atoms with Crippen molar-refractivity contribution in [2.24, 2.45) is 0 Å². The van der Waals surface area contributed by atoms with Crippen LogP contribution in [0.2, 0.25) is 0 Å². The fraction of sp³-hybridized carbons (Fsp3) is 0.167. The van der Waals surface area contributed by atoms with Crippen molar-refractivity contribution in [1.82, 2.24) is 9.97 Å². The summed E-state index contributed by atoms with van der Waals surface area (Å²) in [6.07, 6.45) is 2.40. The molecule has 6 nitrogen and oxygen atoms in total. The summed E-state index contributed by atoms with van der Waals surface area (Å²) in [6, 6.07) is 2.69. The second-order valence-corrected chi connectivity index (χ2v) is 5.78. The number of nitrogens with zero attached hydrogens (tertiary/aromatic N) is 2. The standard InChI is InChI=1S/C12H11F2N3O3S/c1-20-12-15-5-10(6-16-12)17-21(18,19)7-8-4-9(13)2-3-11(8)14/h2-6,17H,7H2,1H3. The first-order valence-corrected chi connectivity index (χ1v) is 7.35. The molecule has 0 aliphatic rings. The minimum absolute atomic E-state index is 0.0779. The lowest BCUT2D eigenvalue weighted by molar-refractivity contribution is 0.380. The predicted molar refractivity (Wildman–Crippen MR) is 71.2 cm³/mol. The summed E-state index contributed by atoms with van der Waals surface area (Å²) >= 11 is 0. The van der Waals surface area contributed by atoms with Crippen LogP contribution in [0.25, 0.3) is 0 Å². The Morgan fingerprint density at radius 3 is 2.52 bits per heavy atom. The van der Waals surface area contributed by atoms with Gasteiger partial charge in [0.25, 0.3) is 0 Å². The minimum atomic E-state index is -3.92. The highest BCUT2D eigenvalue weighted by Crippen LogP contribution is 2.16. The minimum Gasteiger partial charge on any atom is -0.467 e. The molecule has 0 unspecified atom stereocenters. The van der Waals surface area contributed by atoms with Crippen LogP contribution in [0.15, 0.2) is 30.6 Å². The lowest BCUT2D eigenvalue weighted by Gasteiger charge is -2.08. The molecule has 0 spiro atoms. The van der Waals surface area contributed by atoms with Crippen LogP contribution in [-0.4, -0.2) is 25.5 Å². The normalized spacial score (nSPS) is 11.2. The molecule has 0 aliphatic heterocycles. The van der Waals surface area contributed by atoms with Gasteiger partial charge in [0.1, 0.15) is 11.6 Å². The molecule has 2 aromatic rings. The third kappa shape index (κ3) is 4.09. The third-order valence-electron chi connectivity index (χ3n) is 2.44. The number of hydrogen-bond donors (Lipinski definition) is 1. The molecule has 21 heavy (non-hydrogen) atoms. The van der Waals surface area contributed by atoms with Crippen molar-refractivity contribution in [3.8, 4) is 6.01 Å². The van der Waals surface area contributed by atoms with Crippen molar-refractivity contribution in [3.63, 3.8) is 0 Å². The average Bonchev–Trinajstić information content (AvgIpc) is 2.43. The molecule has 1 N–H and O–H groups in total. The van der Waals surface area contributed by atoms with Gasteiger partial charge in [-0.2, -0.15) is 0 Å². The van der Waals surface area contributed by atoms with Crippen molar-refractivity contribution in [2.45, 2.75) is 5.75 Å². The van der Waals surface area contributed by atoms with Crippen molar-refractivity contribution in [3.05, 3.63) is 47.8 Å². The second-order valence-electron chi connectivity index (χ2n) is 4.06. The molecule has 0 fully saturated rings. The van der Waals surface area contributed by atoms with E-state index in [-0.39, 0.29) is 17.3 Å². The molecule has 0 atom stereocenters. The van der Waals surface area contributed by atoms with Crippen LogP contribution in [0, 0.1) is 11.6 Å². The highest BCUT2D eigenvalue weighted by molar-refractivity contribution is 7.91. The van der Waals surface area contributed by atoms with E-state index in [1.54, 1.807) is 0 Å². The fourth-order valence-corrected chi connectivity index (χ4v) is 2.72. The third-order valence-corrected chi connectivity index (χ3v) is 3.68. The molecule has 1 aromatic carbocycles. The molecule has 1 aromatic heterocycles. The molecular formula is C12H11F2N3O3S. The monoisotopic (exact) mass is 315 g/mol. The van der Waals surface area contributed by atoms with Crippen LogP contribution in [-0.2, 0) is 15.8 Å². The number of halogens is 2. The maximum Gasteiger partial charge on any atom is 0.316 e. The average molecular weight is 315 g/mol. The summed E-state index contributed by atoms with van der Waals surface area (Å²) in [7, 11) is -2.56. The molecular weight excluding hydrogens is 304 g/mol. The van der Waals surface area contributed by atoms with Gasteiger partial charge < -0.3 is 4.74 Å². The van der Waals surface area contributed by atoms with Crippen LogP contribution < -0.4 is 9.46 Å². The Labute approximate surface area is 119 Å². The summed E-state index contributed by atoms with van der Waals surface area (Å²) in [5, 5.41) is 0. The van der Waals surface area contributed by atoms with Crippen LogP contribution >= 0.6 is 0 Å². The number of nitrogens with one attached hydrogen (secondary N) is 1. The van der Waals surface area contributed by atoms with Gasteiger partial charge in [-0.15, -0.1) is 0 Å². The first-order valence-electron chi connectivity index (χ1n) is 5.70. The number of sulfonamides is 1. The zero-order chi connectivity index (χ0) is 15.5. The topological polar surface area (TPSA) is 81.2 Å². The summed E-state index contributed by atoms with van der Waals surface area (Å²) in [4.78, 5) is 7.45. The van der Waals surface area contributed by atoms with E-state index < -0.39 is 27.4 Å². The van der Waals surface area contributed by atoms with E-state index in [2.05, 4.69) is 14.7 Å². The molecule has 2 rings (SSSR count). The predicted octanol–water partition coefficient (Wildman–Crippen LogP) is 1.71. The van der Waals surface area contributed by atoms with E-state index >= 15 is 0 Å². The van der Waals surface area contributed by atoms with E-state index in [1.165, 1.54) is 19.5 Å². The summed E-state index contributed by atoms with van der Waals surface area (Å²) < 4.78 is 57.2. The quantitative estimate of drug-likeness (QED) is 0.908. The molecule has 0 saturated heterocycles. The summed E-state index contributed by atoms with van der Waals surface area (Å²) in [6.45, 7) is 0. The van der Waals surface area contributed by atoms with E-state index in [4.69, 9.17) is 4.74 Å². The lowest BCUT2D eigenvalue weighted by atomic mass is 10.2. The first-order chi connectivity index (χ1) is 9.89. The molecule has 0 saturated carbocycles. The molecule has 9 heteroatoms. The fourth-order valence-electron chi connectivity index (χ4n) is 1.55. The zero-order valence-electron chi connectivity index (χ0n) is 10.9. The van der Waals surface area contributed by atoms with Gasteiger partial charge in [0.2, 0.25) is 10.0 Å². The van der Waals surface area contributed by atoms with Gasteiger partial charge in [-0.05, 0) is 18.2 Å². The first kappa shape index (κ1) is 15.1. The van der Waals surface area contributed by atoms with Gasteiger partial charge in [-0.1, -0.05) is 0 Å². The highest BCUT2D eigenvalue weighted by Gasteiger charge is 2.16. The van der Waals surface area contributed by atoms with Crippen LogP contribution in [0.5, 0.6) is 6.01 Å². The molecule has 0 amide bonds. The van der Waals surface area contributed by atoms with E-state index in [0.29, 0.717) is 0 Å². The Hall–Kier alpha value is -2.29. The lowest BCUT2D eigenvalue weighted by Crippen LogP contribution is -2.16. The largest absolute Gasteiger partial charge is 0.467 e. The highest BCUT2D eigenvalue weighted by atomic mass is 32.2. The number of rotatable bonds is 5. The molecule has 0 radical (unpaired) electrons. The van der Waals surface area contributed by atoms with E-state index in [1.807, 2.05) is 0 Å². The number of anilines is 1. The number of benzene rings is 1. The van der Waals surface area contributed by atoms with Gasteiger partial charge in [-0.3, -0.25) is 4.72 Å². The van der Waals surface area contributed by atoms with Gasteiger partial charge in [-0.25, -0.2) is 27.2 Å². The molecule has 112 valence electrons. The van der Waals surface area contributed by atoms with E-state index in [9.17, 15) is 17.2 Å². The van der Waals surface area contributed by atoms with Gasteiger partial charge >= 0.3 is 6.01 Å². The summed E-state index contributed by atoms with van der Waals surface area (Å²) in [5.41, 5.74) is -0.176. The number of aromatic nitrogens is 2. The van der Waals surface area contributed by atoms with Crippen molar-refractivity contribution < 1.29 is 21.9 Å². The number of ether oxygens (including phenoxy) is 1. The smallest absolute Gasteiger partial charge is 0.316 e. The summed E-state index contributed by atoms with van der Waals surface area (Å²) in [5.74, 6) is -2.22. The maximum atomic E-state index is 13.4. The van der Waals surface area contributed by atoms with E-state index in [0.717, 1.165) is 18.2 Å². The Kier molecular flexibility index (Phi) is 4.32. The maximum absolute atomic E-state index is 13.4.